The predicted octanol–water partition coefficient (Wildman–Crippen LogP) is 3.72. The van der Waals surface area contributed by atoms with E-state index in [-0.39, 0.29) is 11.9 Å². The highest BCUT2D eigenvalue weighted by atomic mass is 19.1. The first-order valence-electron chi connectivity index (χ1n) is 6.89. The molecular formula is C17H18FNO2. The van der Waals surface area contributed by atoms with E-state index >= 15 is 0 Å². The first kappa shape index (κ1) is 15.0. The van der Waals surface area contributed by atoms with Gasteiger partial charge in [0.2, 0.25) is 0 Å². The van der Waals surface area contributed by atoms with Crippen LogP contribution in [0.1, 0.15) is 35.8 Å². The van der Waals surface area contributed by atoms with E-state index in [1.165, 1.54) is 18.2 Å². The number of amides is 1. The molecule has 0 bridgehead atoms. The molecule has 0 unspecified atom stereocenters. The van der Waals surface area contributed by atoms with Crippen molar-refractivity contribution < 1.29 is 13.9 Å². The first-order chi connectivity index (χ1) is 10.1. The van der Waals surface area contributed by atoms with Crippen LogP contribution in [0.2, 0.25) is 0 Å². The van der Waals surface area contributed by atoms with E-state index in [1.54, 1.807) is 6.07 Å². The smallest absolute Gasteiger partial charge is 0.251 e. The fourth-order valence-corrected chi connectivity index (χ4v) is 2.01. The Labute approximate surface area is 123 Å². The summed E-state index contributed by atoms with van der Waals surface area (Å²) in [4.78, 5) is 12.0. The average molecular weight is 287 g/mol. The van der Waals surface area contributed by atoms with E-state index < -0.39 is 5.82 Å². The zero-order valence-electron chi connectivity index (χ0n) is 12.1. The van der Waals surface area contributed by atoms with E-state index in [0.717, 1.165) is 11.3 Å². The Morgan fingerprint density at radius 2 is 1.95 bits per heavy atom. The molecule has 0 aromatic heterocycles. The molecule has 0 spiro atoms. The Balaban J connectivity index is 2.03. The van der Waals surface area contributed by atoms with Gasteiger partial charge >= 0.3 is 0 Å². The van der Waals surface area contributed by atoms with Crippen LogP contribution in [0.25, 0.3) is 0 Å². The molecule has 0 radical (unpaired) electrons. The topological polar surface area (TPSA) is 38.3 Å². The van der Waals surface area contributed by atoms with Gasteiger partial charge in [-0.1, -0.05) is 18.2 Å². The van der Waals surface area contributed by atoms with Crippen LogP contribution < -0.4 is 10.1 Å². The molecule has 1 amide bonds. The van der Waals surface area contributed by atoms with Crippen molar-refractivity contribution in [3.05, 3.63) is 65.5 Å². The van der Waals surface area contributed by atoms with Crippen molar-refractivity contribution in [2.45, 2.75) is 19.9 Å². The van der Waals surface area contributed by atoms with Crippen molar-refractivity contribution >= 4 is 5.91 Å². The Morgan fingerprint density at radius 1 is 1.24 bits per heavy atom. The number of carbonyl (C=O) groups is 1. The molecule has 0 saturated heterocycles. The maximum Gasteiger partial charge on any atom is 0.251 e. The second-order valence-electron chi connectivity index (χ2n) is 4.71. The third-order valence-corrected chi connectivity index (χ3v) is 3.13. The molecule has 0 heterocycles. The third-order valence-electron chi connectivity index (χ3n) is 3.13. The lowest BCUT2D eigenvalue weighted by molar-refractivity contribution is 0.0939. The molecule has 110 valence electrons. The molecule has 4 heteroatoms. The number of rotatable bonds is 5. The molecule has 0 aliphatic rings. The highest BCUT2D eigenvalue weighted by molar-refractivity contribution is 5.94. The normalized spacial score (nSPS) is 11.8. The summed E-state index contributed by atoms with van der Waals surface area (Å²) in [5, 5.41) is 2.84. The molecule has 3 nitrogen and oxygen atoms in total. The van der Waals surface area contributed by atoms with E-state index in [4.69, 9.17) is 4.74 Å². The van der Waals surface area contributed by atoms with Gasteiger partial charge in [0.15, 0.2) is 0 Å². The van der Waals surface area contributed by atoms with Crippen LogP contribution in [-0.4, -0.2) is 12.5 Å². The van der Waals surface area contributed by atoms with Crippen molar-refractivity contribution in [1.29, 1.82) is 0 Å². The number of hydrogen-bond acceptors (Lipinski definition) is 2. The van der Waals surface area contributed by atoms with Crippen LogP contribution in [0.5, 0.6) is 5.75 Å². The molecule has 2 aromatic rings. The maximum atomic E-state index is 13.1. The minimum Gasteiger partial charge on any atom is -0.494 e. The number of nitrogens with one attached hydrogen (secondary N) is 1. The molecular weight excluding hydrogens is 269 g/mol. The molecule has 21 heavy (non-hydrogen) atoms. The highest BCUT2D eigenvalue weighted by Crippen LogP contribution is 2.18. The van der Waals surface area contributed by atoms with Gasteiger partial charge in [-0.3, -0.25) is 4.79 Å². The Kier molecular flexibility index (Phi) is 4.93. The van der Waals surface area contributed by atoms with Gasteiger partial charge in [0, 0.05) is 5.56 Å². The molecule has 1 N–H and O–H groups in total. The largest absolute Gasteiger partial charge is 0.494 e. The van der Waals surface area contributed by atoms with Crippen LogP contribution in [0.15, 0.2) is 48.5 Å². The molecule has 0 aliphatic heterocycles. The highest BCUT2D eigenvalue weighted by Gasteiger charge is 2.12. The number of halogens is 1. The van der Waals surface area contributed by atoms with E-state index in [1.807, 2.05) is 38.1 Å². The maximum absolute atomic E-state index is 13.1. The lowest BCUT2D eigenvalue weighted by Gasteiger charge is -2.15. The van der Waals surface area contributed by atoms with Gasteiger partial charge in [0.05, 0.1) is 12.6 Å². The summed E-state index contributed by atoms with van der Waals surface area (Å²) in [5.74, 6) is 0.0807. The summed E-state index contributed by atoms with van der Waals surface area (Å²) in [6, 6.07) is 13.0. The minimum absolute atomic E-state index is 0.170. The summed E-state index contributed by atoms with van der Waals surface area (Å²) < 4.78 is 18.5. The molecule has 2 aromatic carbocycles. The van der Waals surface area contributed by atoms with Crippen molar-refractivity contribution in [2.24, 2.45) is 0 Å². The van der Waals surface area contributed by atoms with E-state index in [0.29, 0.717) is 12.2 Å². The number of carbonyl (C=O) groups excluding carboxylic acids is 1. The van der Waals surface area contributed by atoms with Gasteiger partial charge in [0.25, 0.3) is 5.91 Å². The zero-order valence-corrected chi connectivity index (χ0v) is 12.1. The van der Waals surface area contributed by atoms with Gasteiger partial charge in [-0.15, -0.1) is 0 Å². The Hall–Kier alpha value is -2.36. The number of hydrogen-bond donors (Lipinski definition) is 1. The summed E-state index contributed by atoms with van der Waals surface area (Å²) in [6.07, 6.45) is 0. The van der Waals surface area contributed by atoms with Crippen molar-refractivity contribution in [2.75, 3.05) is 6.61 Å². The third kappa shape index (κ3) is 4.05. The zero-order chi connectivity index (χ0) is 15.2. The fraction of sp³-hybridized carbons (Fsp3) is 0.235. The van der Waals surface area contributed by atoms with Crippen molar-refractivity contribution in [3.8, 4) is 5.75 Å². The Morgan fingerprint density at radius 3 is 2.57 bits per heavy atom. The summed E-state index contributed by atoms with van der Waals surface area (Å²) in [5.41, 5.74) is 1.27. The lowest BCUT2D eigenvalue weighted by atomic mass is 10.1. The second kappa shape index (κ2) is 6.88. The van der Waals surface area contributed by atoms with Gasteiger partial charge in [-0.2, -0.15) is 0 Å². The predicted molar refractivity (Wildman–Crippen MR) is 79.9 cm³/mol. The van der Waals surface area contributed by atoms with Crippen LogP contribution in [0.3, 0.4) is 0 Å². The molecule has 2 rings (SSSR count). The van der Waals surface area contributed by atoms with Gasteiger partial charge < -0.3 is 10.1 Å². The minimum atomic E-state index is -0.420. The monoisotopic (exact) mass is 287 g/mol. The van der Waals surface area contributed by atoms with Crippen LogP contribution >= 0.6 is 0 Å². The first-order valence-corrected chi connectivity index (χ1v) is 6.89. The van der Waals surface area contributed by atoms with Crippen molar-refractivity contribution in [1.82, 2.24) is 5.32 Å². The van der Waals surface area contributed by atoms with Crippen LogP contribution in [0, 0.1) is 5.82 Å². The van der Waals surface area contributed by atoms with Crippen LogP contribution in [-0.2, 0) is 0 Å². The van der Waals surface area contributed by atoms with E-state index in [9.17, 15) is 9.18 Å². The average Bonchev–Trinajstić information content (AvgIpc) is 2.48. The number of benzene rings is 2. The molecule has 0 fully saturated rings. The Bertz CT molecular complexity index is 610. The summed E-state index contributed by atoms with van der Waals surface area (Å²) in [6.45, 7) is 4.42. The lowest BCUT2D eigenvalue weighted by Crippen LogP contribution is -2.26. The quantitative estimate of drug-likeness (QED) is 0.910. The summed E-state index contributed by atoms with van der Waals surface area (Å²) in [7, 11) is 0. The molecule has 1 atom stereocenters. The SMILES string of the molecule is CCOc1ccc([C@@H](C)NC(=O)c2cccc(F)c2)cc1. The van der Waals surface area contributed by atoms with Gasteiger partial charge in [-0.05, 0) is 49.7 Å². The molecule has 0 saturated carbocycles. The standard InChI is InChI=1S/C17H18FNO2/c1-3-21-16-9-7-13(8-10-16)12(2)19-17(20)14-5-4-6-15(18)11-14/h4-12H,3H2,1-2H3,(H,19,20)/t12-/m1/s1. The fourth-order valence-electron chi connectivity index (χ4n) is 2.01. The van der Waals surface area contributed by atoms with E-state index in [2.05, 4.69) is 5.32 Å². The number of ether oxygens (including phenoxy) is 1. The molecule has 0 aliphatic carbocycles. The van der Waals surface area contributed by atoms with Crippen LogP contribution in [0.4, 0.5) is 4.39 Å². The second-order valence-corrected chi connectivity index (χ2v) is 4.71. The van der Waals surface area contributed by atoms with Gasteiger partial charge in [0.1, 0.15) is 11.6 Å². The summed E-state index contributed by atoms with van der Waals surface area (Å²) >= 11 is 0. The van der Waals surface area contributed by atoms with Crippen molar-refractivity contribution in [3.63, 3.8) is 0 Å². The van der Waals surface area contributed by atoms with Gasteiger partial charge in [-0.25, -0.2) is 4.39 Å².